The third-order valence-corrected chi connectivity index (χ3v) is 4.21. The fourth-order valence-corrected chi connectivity index (χ4v) is 2.91. The van der Waals surface area contributed by atoms with Crippen LogP contribution >= 0.6 is 0 Å². The van der Waals surface area contributed by atoms with Crippen molar-refractivity contribution in [3.8, 4) is 0 Å². The fraction of sp³-hybridized carbons (Fsp3) is 0.611. The van der Waals surface area contributed by atoms with Crippen molar-refractivity contribution in [2.75, 3.05) is 32.8 Å². The summed E-state index contributed by atoms with van der Waals surface area (Å²) in [5.41, 5.74) is 1.40. The predicted molar refractivity (Wildman–Crippen MR) is 89.0 cm³/mol. The first-order valence-electron chi connectivity index (χ1n) is 8.44. The van der Waals surface area contributed by atoms with Crippen LogP contribution in [0.25, 0.3) is 0 Å². The minimum atomic E-state index is 0.0784. The summed E-state index contributed by atoms with van der Waals surface area (Å²) < 4.78 is 5.27. The third kappa shape index (κ3) is 5.68. The van der Waals surface area contributed by atoms with E-state index in [9.17, 15) is 4.79 Å². The summed E-state index contributed by atoms with van der Waals surface area (Å²) in [6, 6.07) is 10.7. The molecule has 2 rings (SSSR count). The van der Waals surface area contributed by atoms with Crippen LogP contribution in [0.5, 0.6) is 0 Å². The van der Waals surface area contributed by atoms with E-state index >= 15 is 0 Å². The first-order chi connectivity index (χ1) is 10.8. The molecule has 0 spiro atoms. The zero-order valence-corrected chi connectivity index (χ0v) is 13.6. The van der Waals surface area contributed by atoms with Gasteiger partial charge in [0.1, 0.15) is 0 Å². The Morgan fingerprint density at radius 1 is 1.27 bits per heavy atom. The molecule has 0 radical (unpaired) electrons. The number of nitrogens with one attached hydrogen (secondary N) is 1. The van der Waals surface area contributed by atoms with Gasteiger partial charge in [-0.15, -0.1) is 0 Å². The smallest absolute Gasteiger partial charge is 0.317 e. The number of nitrogens with zero attached hydrogens (tertiary/aromatic N) is 1. The number of carbonyl (C=O) groups excluding carboxylic acids is 1. The highest BCUT2D eigenvalue weighted by molar-refractivity contribution is 5.74. The normalized spacial score (nSPS) is 15.8. The van der Waals surface area contributed by atoms with Crippen LogP contribution in [0.1, 0.15) is 31.7 Å². The van der Waals surface area contributed by atoms with Crippen LogP contribution in [0.4, 0.5) is 4.79 Å². The molecule has 1 aliphatic rings. The Morgan fingerprint density at radius 3 is 2.68 bits per heavy atom. The van der Waals surface area contributed by atoms with Crippen molar-refractivity contribution >= 4 is 6.03 Å². The van der Waals surface area contributed by atoms with Crippen molar-refractivity contribution in [3.63, 3.8) is 0 Å². The van der Waals surface area contributed by atoms with Crippen LogP contribution in [0.15, 0.2) is 30.3 Å². The van der Waals surface area contributed by atoms with E-state index in [-0.39, 0.29) is 6.03 Å². The summed E-state index contributed by atoms with van der Waals surface area (Å²) in [5, 5.41) is 2.98. The Balaban J connectivity index is 1.63. The second-order valence-electron chi connectivity index (χ2n) is 5.90. The molecule has 1 N–H and O–H groups in total. The van der Waals surface area contributed by atoms with Gasteiger partial charge in [-0.2, -0.15) is 0 Å². The van der Waals surface area contributed by atoms with Crippen LogP contribution in [0.3, 0.4) is 0 Å². The van der Waals surface area contributed by atoms with Crippen molar-refractivity contribution in [1.82, 2.24) is 10.2 Å². The summed E-state index contributed by atoms with van der Waals surface area (Å²) in [6.07, 6.45) is 4.21. The van der Waals surface area contributed by atoms with Crippen LogP contribution in [-0.4, -0.2) is 43.8 Å². The zero-order chi connectivity index (χ0) is 15.6. The van der Waals surface area contributed by atoms with E-state index in [1.54, 1.807) is 0 Å². The average molecular weight is 304 g/mol. The first-order valence-corrected chi connectivity index (χ1v) is 8.44. The van der Waals surface area contributed by atoms with Gasteiger partial charge in [0, 0.05) is 32.8 Å². The van der Waals surface area contributed by atoms with Gasteiger partial charge < -0.3 is 15.0 Å². The van der Waals surface area contributed by atoms with Crippen molar-refractivity contribution < 1.29 is 9.53 Å². The van der Waals surface area contributed by atoms with Crippen molar-refractivity contribution in [2.45, 2.75) is 32.6 Å². The lowest BCUT2D eigenvalue weighted by atomic mass is 9.90. The van der Waals surface area contributed by atoms with Gasteiger partial charge in [-0.3, -0.25) is 0 Å². The van der Waals surface area contributed by atoms with E-state index in [2.05, 4.69) is 35.6 Å². The number of amides is 2. The molecule has 1 aromatic rings. The van der Waals surface area contributed by atoms with Crippen LogP contribution < -0.4 is 5.32 Å². The standard InChI is InChI=1S/C18H28N2O2/c1-2-22-14-6-11-19-18(21)20-12-9-17(10-13-20)15-16-7-4-3-5-8-16/h3-5,7-8,17H,2,6,9-15H2,1H3,(H,19,21). The second kappa shape index (κ2) is 9.46. The van der Waals surface area contributed by atoms with Crippen LogP contribution in [-0.2, 0) is 11.2 Å². The molecule has 0 aromatic heterocycles. The van der Waals surface area contributed by atoms with Gasteiger partial charge in [0.25, 0.3) is 0 Å². The van der Waals surface area contributed by atoms with E-state index < -0.39 is 0 Å². The maximum Gasteiger partial charge on any atom is 0.317 e. The number of rotatable bonds is 7. The molecule has 0 atom stereocenters. The maximum atomic E-state index is 12.1. The Bertz CT molecular complexity index is 428. The van der Waals surface area contributed by atoms with Crippen molar-refractivity contribution in [3.05, 3.63) is 35.9 Å². The summed E-state index contributed by atoms with van der Waals surface area (Å²) >= 11 is 0. The number of hydrogen-bond donors (Lipinski definition) is 1. The molecule has 122 valence electrons. The minimum Gasteiger partial charge on any atom is -0.382 e. The number of ether oxygens (including phenoxy) is 1. The Kier molecular flexibility index (Phi) is 7.23. The van der Waals surface area contributed by atoms with Gasteiger partial charge in [-0.05, 0) is 44.1 Å². The topological polar surface area (TPSA) is 41.6 Å². The van der Waals surface area contributed by atoms with Gasteiger partial charge in [0.2, 0.25) is 0 Å². The molecule has 4 nitrogen and oxygen atoms in total. The van der Waals surface area contributed by atoms with Gasteiger partial charge in [-0.1, -0.05) is 30.3 Å². The van der Waals surface area contributed by atoms with Crippen molar-refractivity contribution in [1.29, 1.82) is 0 Å². The number of piperidine rings is 1. The second-order valence-corrected chi connectivity index (χ2v) is 5.90. The number of carbonyl (C=O) groups is 1. The summed E-state index contributed by atoms with van der Waals surface area (Å²) in [6.45, 7) is 5.88. The van der Waals surface area contributed by atoms with Gasteiger partial charge >= 0.3 is 6.03 Å². The van der Waals surface area contributed by atoms with Gasteiger partial charge in [-0.25, -0.2) is 4.79 Å². The zero-order valence-electron chi connectivity index (χ0n) is 13.6. The molecule has 22 heavy (non-hydrogen) atoms. The summed E-state index contributed by atoms with van der Waals surface area (Å²) in [5.74, 6) is 0.699. The molecule has 0 saturated carbocycles. The van der Waals surface area contributed by atoms with Gasteiger partial charge in [0.05, 0.1) is 0 Å². The molecule has 1 fully saturated rings. The lowest BCUT2D eigenvalue weighted by molar-refractivity contribution is 0.142. The summed E-state index contributed by atoms with van der Waals surface area (Å²) in [4.78, 5) is 14.0. The van der Waals surface area contributed by atoms with Crippen LogP contribution in [0, 0.1) is 5.92 Å². The number of urea groups is 1. The largest absolute Gasteiger partial charge is 0.382 e. The quantitative estimate of drug-likeness (QED) is 0.787. The number of hydrogen-bond acceptors (Lipinski definition) is 2. The molecule has 1 aromatic carbocycles. The molecule has 1 heterocycles. The van der Waals surface area contributed by atoms with E-state index in [0.29, 0.717) is 12.5 Å². The number of benzene rings is 1. The Hall–Kier alpha value is -1.55. The van der Waals surface area contributed by atoms with Crippen LogP contribution in [0.2, 0.25) is 0 Å². The lowest BCUT2D eigenvalue weighted by Gasteiger charge is -2.32. The molecule has 4 heteroatoms. The molecule has 1 aliphatic heterocycles. The molecule has 1 saturated heterocycles. The fourth-order valence-electron chi connectivity index (χ4n) is 2.91. The monoisotopic (exact) mass is 304 g/mol. The van der Waals surface area contributed by atoms with E-state index in [1.165, 1.54) is 5.56 Å². The lowest BCUT2D eigenvalue weighted by Crippen LogP contribution is -2.45. The van der Waals surface area contributed by atoms with Crippen molar-refractivity contribution in [2.24, 2.45) is 5.92 Å². The highest BCUT2D eigenvalue weighted by atomic mass is 16.5. The third-order valence-electron chi connectivity index (χ3n) is 4.21. The molecule has 0 aliphatic carbocycles. The molecule has 2 amide bonds. The SMILES string of the molecule is CCOCCCNC(=O)N1CCC(Cc2ccccc2)CC1. The van der Waals surface area contributed by atoms with E-state index in [1.807, 2.05) is 11.8 Å². The minimum absolute atomic E-state index is 0.0784. The van der Waals surface area contributed by atoms with E-state index in [4.69, 9.17) is 4.74 Å². The van der Waals surface area contributed by atoms with Gasteiger partial charge in [0.15, 0.2) is 0 Å². The molecule has 0 unspecified atom stereocenters. The average Bonchev–Trinajstić information content (AvgIpc) is 2.56. The van der Waals surface area contributed by atoms with E-state index in [0.717, 1.165) is 52.0 Å². The maximum absolute atomic E-state index is 12.1. The molecule has 0 bridgehead atoms. The predicted octanol–water partition coefficient (Wildman–Crippen LogP) is 3.08. The Labute approximate surface area is 133 Å². The Morgan fingerprint density at radius 2 is 2.00 bits per heavy atom. The summed E-state index contributed by atoms with van der Waals surface area (Å²) in [7, 11) is 0. The molecular formula is C18H28N2O2. The number of likely N-dealkylation sites (tertiary alicyclic amines) is 1. The highest BCUT2D eigenvalue weighted by Gasteiger charge is 2.22. The highest BCUT2D eigenvalue weighted by Crippen LogP contribution is 2.21. The molecular weight excluding hydrogens is 276 g/mol. The first kappa shape index (κ1) is 16.8.